The lowest BCUT2D eigenvalue weighted by atomic mass is 9.99. The van der Waals surface area contributed by atoms with Crippen LogP contribution in [0.4, 0.5) is 0 Å². The molecule has 0 aliphatic rings. The molecule has 0 spiro atoms. The first-order valence-electron chi connectivity index (χ1n) is 11.0. The Morgan fingerprint density at radius 2 is 1.23 bits per heavy atom. The quantitative estimate of drug-likeness (QED) is 0.230. The van der Waals surface area contributed by atoms with Gasteiger partial charge in [0.2, 0.25) is 5.91 Å². The van der Waals surface area contributed by atoms with Crippen molar-refractivity contribution in [1.82, 2.24) is 5.32 Å². The number of hydrogen-bond acceptors (Lipinski definition) is 2. The van der Waals surface area contributed by atoms with Gasteiger partial charge in [0, 0.05) is 12.0 Å². The lowest BCUT2D eigenvalue weighted by molar-refractivity contribution is -0.128. The van der Waals surface area contributed by atoms with Crippen molar-refractivity contribution in [3.63, 3.8) is 0 Å². The minimum Gasteiger partial charge on any atom is -0.293 e. The van der Waals surface area contributed by atoms with E-state index in [-0.39, 0.29) is 11.8 Å². The lowest BCUT2D eigenvalue weighted by Crippen LogP contribution is -2.30. The van der Waals surface area contributed by atoms with Gasteiger partial charge in [-0.25, -0.2) is 0 Å². The van der Waals surface area contributed by atoms with E-state index < -0.39 is 0 Å². The van der Waals surface area contributed by atoms with Gasteiger partial charge in [-0.2, -0.15) is 0 Å². The summed E-state index contributed by atoms with van der Waals surface area (Å²) in [6.45, 7) is 9.78. The molecule has 0 heterocycles. The fourth-order valence-corrected chi connectivity index (χ4v) is 3.05. The van der Waals surface area contributed by atoms with Gasteiger partial charge >= 0.3 is 0 Å². The summed E-state index contributed by atoms with van der Waals surface area (Å²) in [5.74, 6) is 0.371. The monoisotopic (exact) mass is 365 g/mol. The molecule has 0 saturated carbocycles. The molecule has 0 saturated heterocycles. The number of unbranched alkanes of at least 4 members (excludes halogenated alkanes) is 11. The summed E-state index contributed by atoms with van der Waals surface area (Å²) in [4.78, 5) is 22.8. The lowest BCUT2D eigenvalue weighted by Gasteiger charge is -2.07. The molecular weight excluding hydrogens is 322 g/mol. The molecule has 0 bridgehead atoms. The molecule has 1 unspecified atom stereocenters. The van der Waals surface area contributed by atoms with Crippen LogP contribution in [0.15, 0.2) is 12.2 Å². The third-order valence-corrected chi connectivity index (χ3v) is 5.19. The summed E-state index contributed by atoms with van der Waals surface area (Å²) >= 11 is 0. The maximum absolute atomic E-state index is 11.5. The van der Waals surface area contributed by atoms with E-state index in [4.69, 9.17) is 0 Å². The molecule has 0 aromatic carbocycles. The van der Waals surface area contributed by atoms with Crippen LogP contribution < -0.4 is 5.32 Å². The second-order valence-corrected chi connectivity index (χ2v) is 7.95. The number of rotatable bonds is 17. The van der Waals surface area contributed by atoms with E-state index in [1.165, 1.54) is 77.0 Å². The normalized spacial score (nSPS) is 12.0. The van der Waals surface area contributed by atoms with Gasteiger partial charge in [0.15, 0.2) is 0 Å². The van der Waals surface area contributed by atoms with E-state index in [1.807, 2.05) is 0 Å². The van der Waals surface area contributed by atoms with Gasteiger partial charge in [0.05, 0.1) is 0 Å². The highest BCUT2D eigenvalue weighted by molar-refractivity contribution is 6.03. The average molecular weight is 366 g/mol. The number of hydrogen-bond donors (Lipinski definition) is 1. The van der Waals surface area contributed by atoms with Crippen LogP contribution in [0.5, 0.6) is 0 Å². The van der Waals surface area contributed by atoms with Crippen molar-refractivity contribution in [1.29, 1.82) is 0 Å². The SMILES string of the molecule is C=C(C)C(=O)NC(=O)CCCCCCCCCCCCCCC(C)CC. The van der Waals surface area contributed by atoms with Gasteiger partial charge in [-0.3, -0.25) is 14.9 Å². The Labute approximate surface area is 162 Å². The standard InChI is InChI=1S/C23H43NO2/c1-5-21(4)18-16-14-12-10-8-6-7-9-11-13-15-17-19-22(25)24-23(26)20(2)3/h21H,2,5-19H2,1,3-4H3,(H,24,25,26). The molecule has 1 atom stereocenters. The summed E-state index contributed by atoms with van der Waals surface area (Å²) in [5.41, 5.74) is 0.379. The molecule has 0 aromatic rings. The predicted octanol–water partition coefficient (Wildman–Crippen LogP) is 6.71. The van der Waals surface area contributed by atoms with Crippen LogP contribution in [0.1, 0.15) is 117 Å². The predicted molar refractivity (Wildman–Crippen MR) is 112 cm³/mol. The van der Waals surface area contributed by atoms with Crippen LogP contribution in [-0.2, 0) is 9.59 Å². The fourth-order valence-electron chi connectivity index (χ4n) is 3.05. The minimum absolute atomic E-state index is 0.179. The van der Waals surface area contributed by atoms with Crippen LogP contribution in [0.25, 0.3) is 0 Å². The average Bonchev–Trinajstić information content (AvgIpc) is 2.61. The van der Waals surface area contributed by atoms with E-state index >= 15 is 0 Å². The molecule has 0 fully saturated rings. The van der Waals surface area contributed by atoms with Crippen LogP contribution in [0, 0.1) is 5.92 Å². The molecule has 0 aliphatic carbocycles. The van der Waals surface area contributed by atoms with Crippen LogP contribution in [-0.4, -0.2) is 11.8 Å². The molecule has 3 nitrogen and oxygen atoms in total. The molecule has 3 heteroatoms. The van der Waals surface area contributed by atoms with Gasteiger partial charge < -0.3 is 0 Å². The number of carbonyl (C=O) groups is 2. The zero-order valence-corrected chi connectivity index (χ0v) is 17.7. The maximum atomic E-state index is 11.5. The topological polar surface area (TPSA) is 46.2 Å². The molecule has 0 aromatic heterocycles. The molecule has 0 rings (SSSR count). The fraction of sp³-hybridized carbons (Fsp3) is 0.826. The van der Waals surface area contributed by atoms with Crippen molar-refractivity contribution in [3.05, 3.63) is 12.2 Å². The summed E-state index contributed by atoms with van der Waals surface area (Å²) in [6, 6.07) is 0. The van der Waals surface area contributed by atoms with Crippen LogP contribution in [0.2, 0.25) is 0 Å². The van der Waals surface area contributed by atoms with Gasteiger partial charge in [-0.1, -0.05) is 104 Å². The van der Waals surface area contributed by atoms with Crippen molar-refractivity contribution < 1.29 is 9.59 Å². The highest BCUT2D eigenvalue weighted by Crippen LogP contribution is 2.15. The van der Waals surface area contributed by atoms with E-state index in [0.717, 1.165) is 18.8 Å². The Balaban J connectivity index is 3.23. The Hall–Kier alpha value is -1.12. The van der Waals surface area contributed by atoms with Gasteiger partial charge in [0.25, 0.3) is 5.91 Å². The Kier molecular flexibility index (Phi) is 16.6. The van der Waals surface area contributed by atoms with E-state index in [9.17, 15) is 9.59 Å². The molecule has 26 heavy (non-hydrogen) atoms. The maximum Gasteiger partial charge on any atom is 0.252 e. The van der Waals surface area contributed by atoms with Crippen molar-refractivity contribution in [2.24, 2.45) is 5.92 Å². The smallest absolute Gasteiger partial charge is 0.252 e. The third-order valence-electron chi connectivity index (χ3n) is 5.19. The largest absolute Gasteiger partial charge is 0.293 e. The van der Waals surface area contributed by atoms with E-state index in [2.05, 4.69) is 25.7 Å². The van der Waals surface area contributed by atoms with Gasteiger partial charge in [0.1, 0.15) is 0 Å². The molecule has 1 N–H and O–H groups in total. The molecule has 2 amide bonds. The van der Waals surface area contributed by atoms with Crippen molar-refractivity contribution in [2.45, 2.75) is 117 Å². The van der Waals surface area contributed by atoms with E-state index in [0.29, 0.717) is 12.0 Å². The number of carbonyl (C=O) groups excluding carboxylic acids is 2. The molecule has 0 radical (unpaired) electrons. The van der Waals surface area contributed by atoms with Crippen LogP contribution in [0.3, 0.4) is 0 Å². The third kappa shape index (κ3) is 16.4. The van der Waals surface area contributed by atoms with Crippen molar-refractivity contribution in [3.8, 4) is 0 Å². The minimum atomic E-state index is -0.356. The highest BCUT2D eigenvalue weighted by atomic mass is 16.2. The molecule has 0 aliphatic heterocycles. The number of nitrogens with one attached hydrogen (secondary N) is 1. The Morgan fingerprint density at radius 1 is 0.808 bits per heavy atom. The second kappa shape index (κ2) is 17.3. The van der Waals surface area contributed by atoms with Gasteiger partial charge in [-0.15, -0.1) is 0 Å². The van der Waals surface area contributed by atoms with Crippen molar-refractivity contribution in [2.75, 3.05) is 0 Å². The van der Waals surface area contributed by atoms with E-state index in [1.54, 1.807) is 6.92 Å². The second-order valence-electron chi connectivity index (χ2n) is 7.95. The van der Waals surface area contributed by atoms with Crippen LogP contribution >= 0.6 is 0 Å². The first kappa shape index (κ1) is 24.9. The Bertz CT molecular complexity index is 390. The zero-order chi connectivity index (χ0) is 19.6. The summed E-state index contributed by atoms with van der Waals surface area (Å²) in [5, 5.41) is 2.35. The number of imide groups is 1. The zero-order valence-electron chi connectivity index (χ0n) is 17.7. The molecule has 152 valence electrons. The number of amides is 2. The highest BCUT2D eigenvalue weighted by Gasteiger charge is 2.07. The molecular formula is C23H43NO2. The summed E-state index contributed by atoms with van der Waals surface area (Å²) in [6.07, 6.45) is 18.6. The van der Waals surface area contributed by atoms with Gasteiger partial charge in [-0.05, 0) is 19.3 Å². The summed E-state index contributed by atoms with van der Waals surface area (Å²) < 4.78 is 0. The summed E-state index contributed by atoms with van der Waals surface area (Å²) in [7, 11) is 0. The first-order chi connectivity index (χ1) is 12.5. The first-order valence-corrected chi connectivity index (χ1v) is 11.0. The Morgan fingerprint density at radius 3 is 1.65 bits per heavy atom. The van der Waals surface area contributed by atoms with Crippen molar-refractivity contribution >= 4 is 11.8 Å².